The Hall–Kier alpha value is -0.800. The Kier molecular flexibility index (Phi) is 3.71. The number of para-hydroxylation sites is 1. The molecule has 96 valence electrons. The van der Waals surface area contributed by atoms with Gasteiger partial charge in [0.05, 0.1) is 5.52 Å². The van der Waals surface area contributed by atoms with Gasteiger partial charge in [-0.05, 0) is 54.0 Å². The molecule has 1 aromatic heterocycles. The van der Waals surface area contributed by atoms with Gasteiger partial charge in [-0.1, -0.05) is 25.0 Å². The molecule has 3 rings (SSSR count). The summed E-state index contributed by atoms with van der Waals surface area (Å²) in [5.74, 6) is 0. The van der Waals surface area contributed by atoms with Crippen molar-refractivity contribution >= 4 is 26.8 Å². The van der Waals surface area contributed by atoms with Crippen molar-refractivity contribution in [2.75, 3.05) is 13.1 Å². The van der Waals surface area contributed by atoms with E-state index in [0.29, 0.717) is 0 Å². The van der Waals surface area contributed by atoms with Crippen LogP contribution in [0.15, 0.2) is 28.7 Å². The summed E-state index contributed by atoms with van der Waals surface area (Å²) in [6.07, 6.45) is 5.50. The normalized spacial score (nSPS) is 18.1. The Balaban J connectivity index is 1.79. The quantitative estimate of drug-likeness (QED) is 0.876. The van der Waals surface area contributed by atoms with Crippen LogP contribution in [0.4, 0.5) is 0 Å². The summed E-state index contributed by atoms with van der Waals surface area (Å²) in [5, 5.41) is 1.30. The predicted molar refractivity (Wildman–Crippen MR) is 79.7 cm³/mol. The van der Waals surface area contributed by atoms with Crippen molar-refractivity contribution in [2.24, 2.45) is 0 Å². The van der Waals surface area contributed by atoms with Crippen LogP contribution in [0.25, 0.3) is 10.9 Å². The third-order valence-electron chi connectivity index (χ3n) is 3.75. The molecule has 2 aromatic rings. The number of aromatic nitrogens is 1. The molecule has 0 unspecified atom stereocenters. The second-order valence-electron chi connectivity index (χ2n) is 5.19. The molecule has 0 aliphatic carbocycles. The van der Waals surface area contributed by atoms with Gasteiger partial charge in [-0.2, -0.15) is 0 Å². The summed E-state index contributed by atoms with van der Waals surface area (Å²) >= 11 is 3.60. The standard InChI is InChI=1S/C15H19BrN2/c16-14-7-5-6-12-10-13(17-15(12)14)11-18-8-3-1-2-4-9-18/h5-7,10,17H,1-4,8-9,11H2. The highest BCUT2D eigenvalue weighted by molar-refractivity contribution is 9.10. The van der Waals surface area contributed by atoms with E-state index in [0.717, 1.165) is 11.0 Å². The summed E-state index contributed by atoms with van der Waals surface area (Å²) in [5.41, 5.74) is 2.56. The zero-order valence-electron chi connectivity index (χ0n) is 10.6. The molecule has 18 heavy (non-hydrogen) atoms. The molecule has 0 saturated carbocycles. The molecular weight excluding hydrogens is 288 g/mol. The lowest BCUT2D eigenvalue weighted by molar-refractivity contribution is 0.274. The van der Waals surface area contributed by atoms with E-state index in [1.165, 1.54) is 55.4 Å². The lowest BCUT2D eigenvalue weighted by Crippen LogP contribution is -2.24. The number of hydrogen-bond acceptors (Lipinski definition) is 1. The molecule has 3 heteroatoms. The smallest absolute Gasteiger partial charge is 0.0600 e. The van der Waals surface area contributed by atoms with Gasteiger partial charge in [-0.15, -0.1) is 0 Å². The first kappa shape index (κ1) is 12.2. The average Bonchev–Trinajstić information content (AvgIpc) is 2.60. The second-order valence-corrected chi connectivity index (χ2v) is 6.04. The van der Waals surface area contributed by atoms with Gasteiger partial charge in [0, 0.05) is 22.1 Å². The highest BCUT2D eigenvalue weighted by atomic mass is 79.9. The van der Waals surface area contributed by atoms with Crippen molar-refractivity contribution in [3.05, 3.63) is 34.4 Å². The number of benzene rings is 1. The molecule has 1 fully saturated rings. The van der Waals surface area contributed by atoms with Gasteiger partial charge in [-0.3, -0.25) is 4.90 Å². The summed E-state index contributed by atoms with van der Waals surface area (Å²) in [4.78, 5) is 6.12. The third kappa shape index (κ3) is 2.62. The number of likely N-dealkylation sites (tertiary alicyclic amines) is 1. The molecule has 2 heterocycles. The van der Waals surface area contributed by atoms with Crippen molar-refractivity contribution in [1.82, 2.24) is 9.88 Å². The van der Waals surface area contributed by atoms with Crippen LogP contribution in [0.3, 0.4) is 0 Å². The fraction of sp³-hybridized carbons (Fsp3) is 0.467. The van der Waals surface area contributed by atoms with E-state index in [-0.39, 0.29) is 0 Å². The molecule has 2 nitrogen and oxygen atoms in total. The minimum absolute atomic E-state index is 1.06. The summed E-state index contributed by atoms with van der Waals surface area (Å²) < 4.78 is 1.15. The van der Waals surface area contributed by atoms with Crippen LogP contribution in [-0.2, 0) is 6.54 Å². The minimum atomic E-state index is 1.06. The molecule has 0 amide bonds. The van der Waals surface area contributed by atoms with E-state index in [1.54, 1.807) is 0 Å². The van der Waals surface area contributed by atoms with E-state index in [2.05, 4.69) is 50.1 Å². The van der Waals surface area contributed by atoms with Crippen LogP contribution in [0, 0.1) is 0 Å². The molecule has 0 atom stereocenters. The largest absolute Gasteiger partial charge is 0.356 e. The van der Waals surface area contributed by atoms with Crippen LogP contribution in [0.5, 0.6) is 0 Å². The van der Waals surface area contributed by atoms with Gasteiger partial charge in [0.25, 0.3) is 0 Å². The number of rotatable bonds is 2. The van der Waals surface area contributed by atoms with E-state index in [9.17, 15) is 0 Å². The molecule has 0 bridgehead atoms. The van der Waals surface area contributed by atoms with Crippen molar-refractivity contribution in [2.45, 2.75) is 32.2 Å². The Morgan fingerprint density at radius 1 is 1.11 bits per heavy atom. The van der Waals surface area contributed by atoms with Crippen LogP contribution in [-0.4, -0.2) is 23.0 Å². The zero-order chi connectivity index (χ0) is 12.4. The summed E-state index contributed by atoms with van der Waals surface area (Å²) in [6.45, 7) is 3.55. The van der Waals surface area contributed by atoms with E-state index >= 15 is 0 Å². The topological polar surface area (TPSA) is 19.0 Å². The highest BCUT2D eigenvalue weighted by Gasteiger charge is 2.11. The number of nitrogens with zero attached hydrogens (tertiary/aromatic N) is 1. The van der Waals surface area contributed by atoms with E-state index < -0.39 is 0 Å². The number of hydrogen-bond donors (Lipinski definition) is 1. The maximum absolute atomic E-state index is 3.60. The molecular formula is C15H19BrN2. The van der Waals surface area contributed by atoms with Crippen molar-refractivity contribution in [1.29, 1.82) is 0 Å². The van der Waals surface area contributed by atoms with Crippen LogP contribution in [0.1, 0.15) is 31.4 Å². The Bertz CT molecular complexity index is 524. The molecule has 1 saturated heterocycles. The number of halogens is 1. The Labute approximate surface area is 116 Å². The fourth-order valence-electron chi connectivity index (χ4n) is 2.80. The van der Waals surface area contributed by atoms with Gasteiger partial charge in [-0.25, -0.2) is 0 Å². The van der Waals surface area contributed by atoms with Gasteiger partial charge in [0.15, 0.2) is 0 Å². The first-order valence-electron chi connectivity index (χ1n) is 6.81. The lowest BCUT2D eigenvalue weighted by atomic mass is 10.2. The SMILES string of the molecule is Brc1cccc2cc(CN3CCCCCC3)[nH]c12. The molecule has 0 spiro atoms. The number of nitrogens with one attached hydrogen (secondary N) is 1. The highest BCUT2D eigenvalue weighted by Crippen LogP contribution is 2.24. The van der Waals surface area contributed by atoms with Crippen molar-refractivity contribution < 1.29 is 0 Å². The number of fused-ring (bicyclic) bond motifs is 1. The zero-order valence-corrected chi connectivity index (χ0v) is 12.2. The molecule has 1 N–H and O–H groups in total. The van der Waals surface area contributed by atoms with Gasteiger partial charge >= 0.3 is 0 Å². The summed E-state index contributed by atoms with van der Waals surface area (Å²) in [7, 11) is 0. The maximum Gasteiger partial charge on any atom is 0.0600 e. The van der Waals surface area contributed by atoms with Gasteiger partial charge in [0.1, 0.15) is 0 Å². The van der Waals surface area contributed by atoms with Gasteiger partial charge in [0.2, 0.25) is 0 Å². The van der Waals surface area contributed by atoms with Crippen LogP contribution < -0.4 is 0 Å². The van der Waals surface area contributed by atoms with Crippen molar-refractivity contribution in [3.63, 3.8) is 0 Å². The number of aromatic amines is 1. The van der Waals surface area contributed by atoms with Crippen LogP contribution >= 0.6 is 15.9 Å². The molecule has 1 aromatic carbocycles. The van der Waals surface area contributed by atoms with Crippen LogP contribution in [0.2, 0.25) is 0 Å². The fourth-order valence-corrected chi connectivity index (χ4v) is 3.28. The average molecular weight is 307 g/mol. The van der Waals surface area contributed by atoms with Crippen molar-refractivity contribution in [3.8, 4) is 0 Å². The first-order chi connectivity index (χ1) is 8.83. The Morgan fingerprint density at radius 2 is 1.89 bits per heavy atom. The van der Waals surface area contributed by atoms with E-state index in [1.807, 2.05) is 0 Å². The predicted octanol–water partition coefficient (Wildman–Crippen LogP) is 4.31. The Morgan fingerprint density at radius 3 is 2.61 bits per heavy atom. The minimum Gasteiger partial charge on any atom is -0.356 e. The van der Waals surface area contributed by atoms with E-state index in [4.69, 9.17) is 0 Å². The summed E-state index contributed by atoms with van der Waals surface area (Å²) in [6, 6.07) is 8.64. The molecule has 0 radical (unpaired) electrons. The van der Waals surface area contributed by atoms with Gasteiger partial charge < -0.3 is 4.98 Å². The molecule has 1 aliphatic heterocycles. The number of H-pyrrole nitrogens is 1. The second kappa shape index (κ2) is 5.45. The molecule has 1 aliphatic rings. The monoisotopic (exact) mass is 306 g/mol. The first-order valence-corrected chi connectivity index (χ1v) is 7.61. The third-order valence-corrected chi connectivity index (χ3v) is 4.41. The maximum atomic E-state index is 3.60. The lowest BCUT2D eigenvalue weighted by Gasteiger charge is -2.18.